The van der Waals surface area contributed by atoms with Crippen LogP contribution in [0, 0.1) is 41.9 Å². The number of amides is 4. The van der Waals surface area contributed by atoms with E-state index in [1.165, 1.54) is 0 Å². The molecule has 0 spiro atoms. The van der Waals surface area contributed by atoms with E-state index in [1.54, 1.807) is 18.2 Å². The molecule has 4 heterocycles. The molecule has 2 saturated carbocycles. The minimum absolute atomic E-state index is 0.0320. The first-order valence-corrected chi connectivity index (χ1v) is 24.3. The van der Waals surface area contributed by atoms with Crippen LogP contribution in [0.2, 0.25) is 0 Å². The molecule has 1 atom stereocenters. The maximum Gasteiger partial charge on any atom is 0.252 e. The Kier molecular flexibility index (Phi) is 14.5. The van der Waals surface area contributed by atoms with Crippen LogP contribution in [0.1, 0.15) is 123 Å². The molecule has 4 aliphatic heterocycles. The van der Waals surface area contributed by atoms with Gasteiger partial charge in [0.1, 0.15) is 24.0 Å². The molecule has 0 radical (unpaired) electrons. The molecular weight excluding hydrogens is 849 g/mol. The van der Waals surface area contributed by atoms with Crippen LogP contribution in [-0.2, 0) is 14.3 Å². The quantitative estimate of drug-likeness (QED) is 0.188. The predicted molar refractivity (Wildman–Crippen MR) is 254 cm³/mol. The number of piperidine rings is 2. The van der Waals surface area contributed by atoms with Gasteiger partial charge in [-0.05, 0) is 124 Å². The Morgan fingerprint density at radius 1 is 0.821 bits per heavy atom. The number of aryl methyl sites for hydroxylation is 2. The van der Waals surface area contributed by atoms with Crippen molar-refractivity contribution in [3.63, 3.8) is 0 Å². The van der Waals surface area contributed by atoms with Gasteiger partial charge in [-0.25, -0.2) is 0 Å². The van der Waals surface area contributed by atoms with Gasteiger partial charge in [0.25, 0.3) is 11.8 Å². The summed E-state index contributed by atoms with van der Waals surface area (Å²) >= 11 is 0. The molecule has 2 aliphatic carbocycles. The van der Waals surface area contributed by atoms with E-state index in [2.05, 4.69) is 71.6 Å². The van der Waals surface area contributed by atoms with Crippen molar-refractivity contribution in [2.24, 2.45) is 16.7 Å². The summed E-state index contributed by atoms with van der Waals surface area (Å²) in [5, 5.41) is 17.9. The second kappa shape index (κ2) is 20.3. The molecule has 9 rings (SSSR count). The Hall–Kier alpha value is -5.65. The molecule has 4 fully saturated rings. The Bertz CT molecular complexity index is 2310. The fraction of sp³-hybridized carbons (Fsp3) is 0.566. The topological polar surface area (TPSA) is 172 Å². The van der Waals surface area contributed by atoms with E-state index in [0.29, 0.717) is 53.4 Å². The second-order valence-electron chi connectivity index (χ2n) is 20.6. The van der Waals surface area contributed by atoms with Crippen LogP contribution in [0.15, 0.2) is 54.6 Å². The zero-order valence-electron chi connectivity index (χ0n) is 40.1. The fourth-order valence-corrected chi connectivity index (χ4v) is 11.3. The highest BCUT2D eigenvalue weighted by atomic mass is 16.5. The SMILES string of the molecule is Cc1cc(OC2C(C)(C)C(NC(=O)c3ccc(N4CCC(CN5CCOCCCCCOc6ccc(C(=O)NC7CCC(=O)NC7=O)cc6OC6CC5C6)CC4)cc3)C2(C)C)cc(C)c1C#N. The summed E-state index contributed by atoms with van der Waals surface area (Å²) < 4.78 is 25.4. The number of nitriles is 1. The first kappa shape index (κ1) is 47.8. The summed E-state index contributed by atoms with van der Waals surface area (Å²) in [6.45, 7) is 18.1. The summed E-state index contributed by atoms with van der Waals surface area (Å²) in [7, 11) is 0. The van der Waals surface area contributed by atoms with Crippen molar-refractivity contribution in [1.29, 1.82) is 5.26 Å². The number of nitrogens with one attached hydrogen (secondary N) is 3. The van der Waals surface area contributed by atoms with Gasteiger partial charge in [-0.3, -0.25) is 29.4 Å². The normalized spacial score (nSPS) is 25.6. The Morgan fingerprint density at radius 2 is 1.49 bits per heavy atom. The van der Waals surface area contributed by atoms with Gasteiger partial charge < -0.3 is 34.5 Å². The van der Waals surface area contributed by atoms with Crippen molar-refractivity contribution < 1.29 is 38.1 Å². The van der Waals surface area contributed by atoms with Crippen molar-refractivity contribution in [1.82, 2.24) is 20.9 Å². The van der Waals surface area contributed by atoms with Gasteiger partial charge in [-0.2, -0.15) is 5.26 Å². The molecule has 6 aliphatic rings. The molecule has 3 aromatic rings. The monoisotopic (exact) mass is 917 g/mol. The lowest BCUT2D eigenvalue weighted by Crippen LogP contribution is -2.74. The third-order valence-corrected chi connectivity index (χ3v) is 14.9. The molecule has 3 aromatic carbocycles. The second-order valence-corrected chi connectivity index (χ2v) is 20.6. The molecule has 2 bridgehead atoms. The van der Waals surface area contributed by atoms with Crippen LogP contribution in [0.5, 0.6) is 17.2 Å². The number of anilines is 1. The zero-order chi connectivity index (χ0) is 47.5. The number of carbonyl (C=O) groups is 4. The average Bonchev–Trinajstić information content (AvgIpc) is 3.28. The summed E-state index contributed by atoms with van der Waals surface area (Å²) in [4.78, 5) is 55.9. The molecule has 3 N–H and O–H groups in total. The molecule has 14 nitrogen and oxygen atoms in total. The third-order valence-electron chi connectivity index (χ3n) is 14.9. The van der Waals surface area contributed by atoms with E-state index in [4.69, 9.17) is 18.9 Å². The first-order chi connectivity index (χ1) is 32.1. The van der Waals surface area contributed by atoms with Crippen molar-refractivity contribution in [2.45, 2.75) is 130 Å². The fourth-order valence-electron chi connectivity index (χ4n) is 11.3. The number of rotatable bonds is 9. The number of benzene rings is 3. The highest BCUT2D eigenvalue weighted by molar-refractivity contribution is 6.04. The lowest BCUT2D eigenvalue weighted by molar-refractivity contribution is -0.164. The van der Waals surface area contributed by atoms with Gasteiger partial charge in [0, 0.05) is 91.8 Å². The highest BCUT2D eigenvalue weighted by Gasteiger charge is 2.64. The van der Waals surface area contributed by atoms with Crippen LogP contribution in [0.25, 0.3) is 0 Å². The Balaban J connectivity index is 0.833. The highest BCUT2D eigenvalue weighted by Crippen LogP contribution is 2.55. The van der Waals surface area contributed by atoms with Crippen molar-refractivity contribution in [3.05, 3.63) is 82.4 Å². The summed E-state index contributed by atoms with van der Waals surface area (Å²) in [6, 6.07) is 18.8. The van der Waals surface area contributed by atoms with Gasteiger partial charge in [0.2, 0.25) is 11.8 Å². The minimum Gasteiger partial charge on any atom is -0.490 e. The van der Waals surface area contributed by atoms with E-state index < -0.39 is 17.9 Å². The molecule has 1 unspecified atom stereocenters. The lowest BCUT2D eigenvalue weighted by atomic mass is 9.49. The van der Waals surface area contributed by atoms with E-state index in [-0.39, 0.29) is 53.7 Å². The molecule has 14 heteroatoms. The number of carbonyl (C=O) groups excluding carboxylic acids is 4. The number of hydrogen-bond donors (Lipinski definition) is 3. The summed E-state index contributed by atoms with van der Waals surface area (Å²) in [6.07, 6.45) is 6.92. The van der Waals surface area contributed by atoms with Gasteiger partial charge in [-0.15, -0.1) is 0 Å². The Labute approximate surface area is 395 Å². The largest absolute Gasteiger partial charge is 0.490 e. The summed E-state index contributed by atoms with van der Waals surface area (Å²) in [5.41, 5.74) is 3.96. The molecule has 4 amide bonds. The number of hydrogen-bond acceptors (Lipinski definition) is 11. The number of fused-ring (bicyclic) bond motifs is 9. The first-order valence-electron chi connectivity index (χ1n) is 24.3. The van der Waals surface area contributed by atoms with Gasteiger partial charge in [0.05, 0.1) is 24.8 Å². The zero-order valence-corrected chi connectivity index (χ0v) is 40.1. The average molecular weight is 917 g/mol. The molecule has 0 aromatic heterocycles. The van der Waals surface area contributed by atoms with Gasteiger partial charge >= 0.3 is 0 Å². The molecule has 358 valence electrons. The van der Waals surface area contributed by atoms with Crippen molar-refractivity contribution >= 4 is 29.3 Å². The molecule has 2 saturated heterocycles. The van der Waals surface area contributed by atoms with Crippen LogP contribution < -0.4 is 35.1 Å². The van der Waals surface area contributed by atoms with Gasteiger partial charge in [0.15, 0.2) is 11.5 Å². The maximum atomic E-state index is 13.7. The number of imide groups is 1. The Morgan fingerprint density at radius 3 is 2.18 bits per heavy atom. The van der Waals surface area contributed by atoms with Crippen molar-refractivity contribution in [3.8, 4) is 23.3 Å². The maximum absolute atomic E-state index is 13.7. The standard InChI is InChI=1S/C53H68N6O8/c1-33-26-40(27-34(2)42(33)31-54)67-51-52(3,4)50(53(51,5)6)57-47(61)36-10-13-38(14-11-36)58-20-18-35(19-21-58)32-59-22-25-64-23-8-7-9-24-65-44-16-12-37(28-45(44)66-41-29-39(59)30-41)48(62)55-43-15-17-46(60)56-49(43)63/h10-14,16,26-28,35,39,41,43,50-51H,7-9,15,17-25,29-30,32H2,1-6H3,(H,55,62)(H,57,61)(H,56,60,63). The molecular formula is C53H68N6O8. The number of nitrogens with zero attached hydrogens (tertiary/aromatic N) is 3. The summed E-state index contributed by atoms with van der Waals surface area (Å²) in [5.74, 6) is 1.10. The van der Waals surface area contributed by atoms with Crippen LogP contribution >= 0.6 is 0 Å². The van der Waals surface area contributed by atoms with Crippen LogP contribution in [0.4, 0.5) is 5.69 Å². The van der Waals surface area contributed by atoms with Crippen LogP contribution in [-0.4, -0.2) is 105 Å². The smallest absolute Gasteiger partial charge is 0.252 e. The van der Waals surface area contributed by atoms with E-state index in [9.17, 15) is 24.4 Å². The van der Waals surface area contributed by atoms with Crippen molar-refractivity contribution in [2.75, 3.05) is 50.9 Å². The van der Waals surface area contributed by atoms with E-state index in [0.717, 1.165) is 100 Å². The van der Waals surface area contributed by atoms with E-state index >= 15 is 0 Å². The lowest BCUT2D eigenvalue weighted by Gasteiger charge is -2.63. The molecule has 67 heavy (non-hydrogen) atoms. The van der Waals surface area contributed by atoms with E-state index in [1.807, 2.05) is 38.1 Å². The minimum atomic E-state index is -0.766. The predicted octanol–water partition coefficient (Wildman–Crippen LogP) is 7.03. The number of ether oxygens (including phenoxy) is 4. The van der Waals surface area contributed by atoms with Gasteiger partial charge in [-0.1, -0.05) is 27.7 Å². The van der Waals surface area contributed by atoms with Crippen LogP contribution in [0.3, 0.4) is 0 Å². The third kappa shape index (κ3) is 10.7.